The third-order valence-corrected chi connectivity index (χ3v) is 5.94. The second kappa shape index (κ2) is 8.36. The van der Waals surface area contributed by atoms with Crippen molar-refractivity contribution in [3.8, 4) is 0 Å². The zero-order valence-corrected chi connectivity index (χ0v) is 16.1. The van der Waals surface area contributed by atoms with E-state index >= 15 is 0 Å². The molecule has 2 aromatic heterocycles. The Hall–Kier alpha value is -2.32. The van der Waals surface area contributed by atoms with Crippen LogP contribution in [0.15, 0.2) is 35.7 Å². The second-order valence-electron chi connectivity index (χ2n) is 7.19. The van der Waals surface area contributed by atoms with E-state index in [1.165, 1.54) is 4.88 Å². The lowest BCUT2D eigenvalue weighted by atomic mass is 9.98. The molecule has 3 aromatic rings. The molecule has 1 fully saturated rings. The van der Waals surface area contributed by atoms with Crippen LogP contribution in [0, 0.1) is 5.92 Å². The van der Waals surface area contributed by atoms with Gasteiger partial charge in [-0.1, -0.05) is 6.07 Å². The lowest BCUT2D eigenvalue weighted by Crippen LogP contribution is -2.40. The van der Waals surface area contributed by atoms with E-state index in [9.17, 15) is 13.6 Å². The van der Waals surface area contributed by atoms with Crippen molar-refractivity contribution in [2.75, 3.05) is 19.6 Å². The lowest BCUT2D eigenvalue weighted by molar-refractivity contribution is 0.0931. The number of rotatable bonds is 6. The number of likely N-dealkylation sites (tertiary alicyclic amines) is 1. The molecule has 1 unspecified atom stereocenters. The quantitative estimate of drug-likeness (QED) is 0.647. The number of alkyl halides is 2. The van der Waals surface area contributed by atoms with E-state index in [4.69, 9.17) is 0 Å². The van der Waals surface area contributed by atoms with Gasteiger partial charge in [-0.25, -0.2) is 13.8 Å². The minimum absolute atomic E-state index is 0.189. The summed E-state index contributed by atoms with van der Waals surface area (Å²) in [6.07, 6.45) is -0.436. The van der Waals surface area contributed by atoms with Gasteiger partial charge in [0, 0.05) is 30.1 Å². The summed E-state index contributed by atoms with van der Waals surface area (Å²) in [5, 5.41) is 5.09. The average Bonchev–Trinajstić information content (AvgIpc) is 3.35. The molecule has 0 bridgehead atoms. The van der Waals surface area contributed by atoms with Crippen LogP contribution in [0.1, 0.15) is 40.3 Å². The van der Waals surface area contributed by atoms with Crippen LogP contribution < -0.4 is 5.32 Å². The van der Waals surface area contributed by atoms with Gasteiger partial charge in [0.05, 0.1) is 11.0 Å². The van der Waals surface area contributed by atoms with Crippen LogP contribution in [0.4, 0.5) is 8.78 Å². The molecule has 4 rings (SSSR count). The third kappa shape index (κ3) is 4.39. The van der Waals surface area contributed by atoms with Crippen LogP contribution in [0.2, 0.25) is 0 Å². The zero-order chi connectivity index (χ0) is 19.5. The minimum Gasteiger partial charge on any atom is -0.352 e. The van der Waals surface area contributed by atoms with Gasteiger partial charge in [0.15, 0.2) is 5.82 Å². The van der Waals surface area contributed by atoms with Crippen molar-refractivity contribution in [3.63, 3.8) is 0 Å². The van der Waals surface area contributed by atoms with Gasteiger partial charge < -0.3 is 10.3 Å². The number of fused-ring (bicyclic) bond motifs is 1. The fourth-order valence-corrected chi connectivity index (χ4v) is 4.44. The van der Waals surface area contributed by atoms with Crippen molar-refractivity contribution < 1.29 is 13.6 Å². The largest absolute Gasteiger partial charge is 0.352 e. The number of thiophene rings is 1. The number of benzene rings is 1. The Morgan fingerprint density at radius 3 is 3.07 bits per heavy atom. The molecule has 1 saturated heterocycles. The molecule has 28 heavy (non-hydrogen) atoms. The Balaban J connectivity index is 1.34. The van der Waals surface area contributed by atoms with E-state index in [1.807, 2.05) is 0 Å². The minimum atomic E-state index is -2.66. The van der Waals surface area contributed by atoms with E-state index in [0.717, 1.165) is 32.5 Å². The highest BCUT2D eigenvalue weighted by atomic mass is 32.1. The molecule has 2 N–H and O–H groups in total. The number of imidazole rings is 1. The normalized spacial score (nSPS) is 18.0. The van der Waals surface area contributed by atoms with Gasteiger partial charge >= 0.3 is 0 Å². The molecule has 1 atom stereocenters. The highest BCUT2D eigenvalue weighted by molar-refractivity contribution is 7.09. The number of halogens is 2. The predicted molar refractivity (Wildman–Crippen MR) is 106 cm³/mol. The van der Waals surface area contributed by atoms with Crippen molar-refractivity contribution >= 4 is 28.3 Å². The Bertz CT molecular complexity index is 941. The van der Waals surface area contributed by atoms with Gasteiger partial charge in [-0.3, -0.25) is 9.69 Å². The van der Waals surface area contributed by atoms with Gasteiger partial charge in [-0.2, -0.15) is 0 Å². The Kier molecular flexibility index (Phi) is 5.68. The third-order valence-electron chi connectivity index (χ3n) is 5.08. The molecule has 0 radical (unpaired) electrons. The molecule has 0 saturated carbocycles. The predicted octanol–water partition coefficient (Wildman–Crippen LogP) is 4.20. The molecule has 3 heterocycles. The highest BCUT2D eigenvalue weighted by Crippen LogP contribution is 2.22. The van der Waals surface area contributed by atoms with Gasteiger partial charge in [-0.15, -0.1) is 11.3 Å². The summed E-state index contributed by atoms with van der Waals surface area (Å²) in [4.78, 5) is 22.7. The summed E-state index contributed by atoms with van der Waals surface area (Å²) < 4.78 is 25.5. The second-order valence-corrected chi connectivity index (χ2v) is 8.22. The Labute approximate surface area is 165 Å². The number of H-pyrrole nitrogens is 1. The molecule has 0 aliphatic carbocycles. The summed E-state index contributed by atoms with van der Waals surface area (Å²) >= 11 is 1.77. The Morgan fingerprint density at radius 1 is 1.39 bits per heavy atom. The van der Waals surface area contributed by atoms with Crippen molar-refractivity contribution in [2.24, 2.45) is 5.92 Å². The first-order valence-electron chi connectivity index (χ1n) is 9.39. The maximum Gasteiger partial charge on any atom is 0.295 e. The number of aromatic amines is 1. The van der Waals surface area contributed by atoms with E-state index < -0.39 is 6.43 Å². The fourth-order valence-electron chi connectivity index (χ4n) is 3.70. The number of aromatic nitrogens is 2. The SMILES string of the molecule is O=C(NCC1CCCN(Cc2cccs2)C1)c1ccc2nc(C(F)F)[nH]c2c1. The summed E-state index contributed by atoms with van der Waals surface area (Å²) in [6.45, 7) is 3.63. The monoisotopic (exact) mass is 404 g/mol. The molecular formula is C20H22F2N4OS. The molecule has 148 valence electrons. The smallest absolute Gasteiger partial charge is 0.295 e. The molecule has 1 aromatic carbocycles. The van der Waals surface area contributed by atoms with Crippen molar-refractivity contribution in [1.82, 2.24) is 20.2 Å². The molecule has 5 nitrogen and oxygen atoms in total. The van der Waals surface area contributed by atoms with Crippen LogP contribution >= 0.6 is 11.3 Å². The number of hydrogen-bond acceptors (Lipinski definition) is 4. The van der Waals surface area contributed by atoms with Crippen LogP contribution in [0.5, 0.6) is 0 Å². The van der Waals surface area contributed by atoms with Crippen LogP contribution in [-0.2, 0) is 6.54 Å². The van der Waals surface area contributed by atoms with E-state index in [0.29, 0.717) is 29.1 Å². The van der Waals surface area contributed by atoms with Crippen LogP contribution in [0.3, 0.4) is 0 Å². The van der Waals surface area contributed by atoms with Gasteiger partial charge in [0.25, 0.3) is 12.3 Å². The summed E-state index contributed by atoms with van der Waals surface area (Å²) in [6, 6.07) is 9.02. The zero-order valence-electron chi connectivity index (χ0n) is 15.3. The number of piperidine rings is 1. The van der Waals surface area contributed by atoms with E-state index in [1.54, 1.807) is 29.5 Å². The number of carbonyl (C=O) groups excluding carboxylic acids is 1. The number of hydrogen-bond donors (Lipinski definition) is 2. The van der Waals surface area contributed by atoms with Gasteiger partial charge in [-0.05, 0) is 54.9 Å². The summed E-state index contributed by atoms with van der Waals surface area (Å²) in [5.74, 6) is -0.148. The molecule has 0 spiro atoms. The molecular weight excluding hydrogens is 382 g/mol. The van der Waals surface area contributed by atoms with Crippen molar-refractivity contribution in [3.05, 3.63) is 52.0 Å². The maximum atomic E-state index is 12.8. The summed E-state index contributed by atoms with van der Waals surface area (Å²) in [5.41, 5.74) is 1.33. The number of carbonyl (C=O) groups is 1. The lowest BCUT2D eigenvalue weighted by Gasteiger charge is -2.32. The van der Waals surface area contributed by atoms with Crippen LogP contribution in [0.25, 0.3) is 11.0 Å². The van der Waals surface area contributed by atoms with E-state index in [2.05, 4.69) is 37.7 Å². The first-order valence-corrected chi connectivity index (χ1v) is 10.3. The van der Waals surface area contributed by atoms with Crippen molar-refractivity contribution in [2.45, 2.75) is 25.8 Å². The fraction of sp³-hybridized carbons (Fsp3) is 0.400. The molecule has 1 amide bonds. The number of amides is 1. The molecule has 1 aliphatic rings. The van der Waals surface area contributed by atoms with E-state index in [-0.39, 0.29) is 11.7 Å². The standard InChI is InChI=1S/C20H22F2N4OS/c21-18(22)19-24-16-6-5-14(9-17(16)25-19)20(27)23-10-13-3-1-7-26(11-13)12-15-4-2-8-28-15/h2,4-6,8-9,13,18H,1,3,7,10-12H2,(H,23,27)(H,24,25). The van der Waals surface area contributed by atoms with Gasteiger partial charge in [0.1, 0.15) is 0 Å². The number of nitrogens with zero attached hydrogens (tertiary/aromatic N) is 2. The average molecular weight is 404 g/mol. The first kappa shape index (κ1) is 19.0. The number of nitrogens with one attached hydrogen (secondary N) is 2. The first-order chi connectivity index (χ1) is 13.6. The van der Waals surface area contributed by atoms with Crippen LogP contribution in [-0.4, -0.2) is 40.4 Å². The summed E-state index contributed by atoms with van der Waals surface area (Å²) in [7, 11) is 0. The van der Waals surface area contributed by atoms with Crippen molar-refractivity contribution in [1.29, 1.82) is 0 Å². The topological polar surface area (TPSA) is 61.0 Å². The molecule has 8 heteroatoms. The molecule has 1 aliphatic heterocycles. The highest BCUT2D eigenvalue weighted by Gasteiger charge is 2.21. The maximum absolute atomic E-state index is 12.8. The Morgan fingerprint density at radius 2 is 2.29 bits per heavy atom. The van der Waals surface area contributed by atoms with Gasteiger partial charge in [0.2, 0.25) is 0 Å².